The van der Waals surface area contributed by atoms with Crippen molar-refractivity contribution in [2.45, 2.75) is 24.7 Å². The smallest absolute Gasteiger partial charge is 0.236 e. The van der Waals surface area contributed by atoms with Gasteiger partial charge in [-0.05, 0) is 49.7 Å². The number of nitrogens with zero attached hydrogens (tertiary/aromatic N) is 3. The number of likely N-dealkylation sites (tertiary alicyclic amines) is 1. The van der Waals surface area contributed by atoms with Gasteiger partial charge in [-0.1, -0.05) is 36.4 Å². The van der Waals surface area contributed by atoms with Crippen molar-refractivity contribution in [3.05, 3.63) is 60.2 Å². The molecule has 0 radical (unpaired) electrons. The van der Waals surface area contributed by atoms with E-state index in [-0.39, 0.29) is 17.2 Å². The predicted octanol–water partition coefficient (Wildman–Crippen LogP) is 3.18. The molecular weight excluding hydrogens is 350 g/mol. The number of rotatable bonds is 3. The van der Waals surface area contributed by atoms with E-state index >= 15 is 0 Å². The van der Waals surface area contributed by atoms with Crippen LogP contribution in [0.1, 0.15) is 24.8 Å². The van der Waals surface area contributed by atoms with Gasteiger partial charge in [0, 0.05) is 31.6 Å². The Morgan fingerprint density at radius 3 is 2.32 bits per heavy atom. The van der Waals surface area contributed by atoms with Crippen LogP contribution in [0, 0.1) is 0 Å². The lowest BCUT2D eigenvalue weighted by molar-refractivity contribution is -0.130. The number of benzene rings is 2. The van der Waals surface area contributed by atoms with Crippen molar-refractivity contribution in [2.75, 3.05) is 38.6 Å². The second-order valence-electron chi connectivity index (χ2n) is 8.10. The largest absolute Gasteiger partial charge is 0.348 e. The van der Waals surface area contributed by atoms with E-state index in [9.17, 15) is 9.59 Å². The number of piperidine rings is 1. The Labute approximate surface area is 166 Å². The zero-order valence-corrected chi connectivity index (χ0v) is 16.6. The van der Waals surface area contributed by atoms with Crippen LogP contribution >= 0.6 is 0 Å². The van der Waals surface area contributed by atoms with Crippen LogP contribution in [-0.2, 0) is 15.0 Å². The highest BCUT2D eigenvalue weighted by molar-refractivity contribution is 6.04. The average Bonchev–Trinajstić information content (AvgIpc) is 2.70. The molecule has 1 spiro atoms. The second-order valence-corrected chi connectivity index (χ2v) is 8.10. The number of likely N-dealkylation sites (N-methyl/N-ethyl adjacent to an activating group) is 1. The first kappa shape index (κ1) is 18.7. The predicted molar refractivity (Wildman–Crippen MR) is 111 cm³/mol. The Bertz CT molecular complexity index is 870. The minimum absolute atomic E-state index is 0.128. The molecule has 0 bridgehead atoms. The maximum absolute atomic E-state index is 13.2. The summed E-state index contributed by atoms with van der Waals surface area (Å²) in [6, 6.07) is 18.2. The highest BCUT2D eigenvalue weighted by atomic mass is 16.2. The summed E-state index contributed by atoms with van der Waals surface area (Å²) >= 11 is 0. The van der Waals surface area contributed by atoms with Gasteiger partial charge in [-0.25, -0.2) is 0 Å². The Morgan fingerprint density at radius 2 is 1.64 bits per heavy atom. The zero-order chi connectivity index (χ0) is 19.7. The van der Waals surface area contributed by atoms with Gasteiger partial charge >= 0.3 is 0 Å². The molecule has 28 heavy (non-hydrogen) atoms. The monoisotopic (exact) mass is 377 g/mol. The van der Waals surface area contributed by atoms with Crippen LogP contribution < -0.4 is 4.90 Å². The summed E-state index contributed by atoms with van der Waals surface area (Å²) in [5.74, 6) is 0.286. The molecule has 0 unspecified atom stereocenters. The number of para-hydroxylation sites is 2. The van der Waals surface area contributed by atoms with E-state index in [1.807, 2.05) is 41.3 Å². The van der Waals surface area contributed by atoms with Crippen molar-refractivity contribution in [3.63, 3.8) is 0 Å². The number of amides is 2. The lowest BCUT2D eigenvalue weighted by Crippen LogP contribution is -2.50. The van der Waals surface area contributed by atoms with E-state index in [0.717, 1.165) is 37.3 Å². The van der Waals surface area contributed by atoms with Crippen molar-refractivity contribution in [1.29, 1.82) is 0 Å². The summed E-state index contributed by atoms with van der Waals surface area (Å²) in [6.07, 6.45) is 2.33. The highest BCUT2D eigenvalue weighted by Gasteiger charge is 2.45. The molecule has 2 aliphatic rings. The van der Waals surface area contributed by atoms with Crippen molar-refractivity contribution in [2.24, 2.45) is 0 Å². The first-order valence-corrected chi connectivity index (χ1v) is 9.90. The summed E-state index contributed by atoms with van der Waals surface area (Å²) < 4.78 is 0. The van der Waals surface area contributed by atoms with E-state index in [1.165, 1.54) is 5.56 Å². The highest BCUT2D eigenvalue weighted by Crippen LogP contribution is 2.48. The molecule has 2 aromatic rings. The van der Waals surface area contributed by atoms with Crippen molar-refractivity contribution in [1.82, 2.24) is 9.80 Å². The van der Waals surface area contributed by atoms with Gasteiger partial charge in [-0.3, -0.25) is 19.4 Å². The molecule has 5 nitrogen and oxygen atoms in total. The van der Waals surface area contributed by atoms with Gasteiger partial charge in [-0.15, -0.1) is 0 Å². The van der Waals surface area contributed by atoms with Gasteiger partial charge in [0.15, 0.2) is 0 Å². The molecular formula is C23H27N3O2. The fourth-order valence-electron chi connectivity index (χ4n) is 4.49. The molecule has 0 aromatic heterocycles. The quantitative estimate of drug-likeness (QED) is 0.825. The maximum atomic E-state index is 13.2. The zero-order valence-electron chi connectivity index (χ0n) is 16.6. The second kappa shape index (κ2) is 7.40. The lowest BCUT2D eigenvalue weighted by Gasteiger charge is -2.47. The van der Waals surface area contributed by atoms with Gasteiger partial charge in [-0.2, -0.15) is 0 Å². The Morgan fingerprint density at radius 1 is 1.00 bits per heavy atom. The number of hydrogen-bond acceptors (Lipinski definition) is 3. The molecule has 5 heteroatoms. The van der Waals surface area contributed by atoms with E-state index in [4.69, 9.17) is 0 Å². The fourth-order valence-corrected chi connectivity index (χ4v) is 4.49. The Hall–Kier alpha value is -2.66. The number of anilines is 2. The van der Waals surface area contributed by atoms with Gasteiger partial charge in [0.05, 0.1) is 12.2 Å². The van der Waals surface area contributed by atoms with E-state index in [1.54, 1.807) is 19.0 Å². The van der Waals surface area contributed by atoms with E-state index < -0.39 is 0 Å². The summed E-state index contributed by atoms with van der Waals surface area (Å²) in [5, 5.41) is 0. The molecule has 2 aromatic carbocycles. The SMILES string of the molecule is CN(C)C(=O)CN1CCC2(CC1)CC(=O)N(c1ccccc1)c1ccccc12. The van der Waals surface area contributed by atoms with Gasteiger partial charge in [0.2, 0.25) is 11.8 Å². The topological polar surface area (TPSA) is 43.9 Å². The molecule has 2 aliphatic heterocycles. The molecule has 4 rings (SSSR count). The van der Waals surface area contributed by atoms with Crippen molar-refractivity contribution >= 4 is 23.2 Å². The molecule has 0 saturated carbocycles. The number of carbonyl (C=O) groups is 2. The van der Waals surface area contributed by atoms with Gasteiger partial charge in [0.1, 0.15) is 0 Å². The summed E-state index contributed by atoms with van der Waals surface area (Å²) in [6.45, 7) is 2.13. The third kappa shape index (κ3) is 3.31. The third-order valence-corrected chi connectivity index (χ3v) is 6.14. The van der Waals surface area contributed by atoms with Crippen molar-refractivity contribution in [3.8, 4) is 0 Å². The first-order valence-electron chi connectivity index (χ1n) is 9.90. The first-order chi connectivity index (χ1) is 13.5. The minimum atomic E-state index is -0.128. The number of carbonyl (C=O) groups excluding carboxylic acids is 2. The van der Waals surface area contributed by atoms with Crippen LogP contribution in [0.5, 0.6) is 0 Å². The molecule has 2 heterocycles. The Balaban J connectivity index is 1.61. The van der Waals surface area contributed by atoms with Crippen molar-refractivity contribution < 1.29 is 9.59 Å². The third-order valence-electron chi connectivity index (χ3n) is 6.14. The molecule has 0 N–H and O–H groups in total. The fraction of sp³-hybridized carbons (Fsp3) is 0.391. The van der Waals surface area contributed by atoms with Crippen LogP contribution in [0.3, 0.4) is 0 Å². The maximum Gasteiger partial charge on any atom is 0.236 e. The van der Waals surface area contributed by atoms with Crippen LogP contribution in [0.25, 0.3) is 0 Å². The molecule has 0 aliphatic carbocycles. The van der Waals surface area contributed by atoms with Crippen LogP contribution in [0.15, 0.2) is 54.6 Å². The average molecular weight is 377 g/mol. The molecule has 2 amide bonds. The normalized spacial score (nSPS) is 18.8. The van der Waals surface area contributed by atoms with E-state index in [0.29, 0.717) is 13.0 Å². The molecule has 1 saturated heterocycles. The van der Waals surface area contributed by atoms with Gasteiger partial charge < -0.3 is 4.90 Å². The van der Waals surface area contributed by atoms with E-state index in [2.05, 4.69) is 23.1 Å². The lowest BCUT2D eigenvalue weighted by atomic mass is 9.67. The van der Waals surface area contributed by atoms with Crippen LogP contribution in [0.2, 0.25) is 0 Å². The minimum Gasteiger partial charge on any atom is -0.348 e. The molecule has 0 atom stereocenters. The molecule has 146 valence electrons. The summed E-state index contributed by atoms with van der Waals surface area (Å²) in [5.41, 5.74) is 3.06. The van der Waals surface area contributed by atoms with Crippen LogP contribution in [-0.4, -0.2) is 55.3 Å². The number of hydrogen-bond donors (Lipinski definition) is 0. The van der Waals surface area contributed by atoms with Crippen LogP contribution in [0.4, 0.5) is 11.4 Å². The molecule has 1 fully saturated rings. The summed E-state index contributed by atoms with van der Waals surface area (Å²) in [7, 11) is 3.59. The number of fused-ring (bicyclic) bond motifs is 2. The van der Waals surface area contributed by atoms with Gasteiger partial charge in [0.25, 0.3) is 0 Å². The Kier molecular flexibility index (Phi) is 4.94. The summed E-state index contributed by atoms with van der Waals surface area (Å²) in [4.78, 5) is 31.0. The standard InChI is InChI=1S/C23H27N3O2/c1-24(2)22(28)17-25-14-12-23(13-15-25)16-21(27)26(18-8-4-3-5-9-18)20-11-7-6-10-19(20)23/h3-11H,12-17H2,1-2H3.